The van der Waals surface area contributed by atoms with Crippen LogP contribution in [0.15, 0.2) is 77.3 Å². The molecule has 4 aromatic rings. The summed E-state index contributed by atoms with van der Waals surface area (Å²) in [5.41, 5.74) is 6.47. The van der Waals surface area contributed by atoms with Gasteiger partial charge in [-0.3, -0.25) is 4.98 Å². The Labute approximate surface area is 204 Å². The van der Waals surface area contributed by atoms with E-state index in [1.807, 2.05) is 48.5 Å². The molecule has 2 atom stereocenters. The van der Waals surface area contributed by atoms with Crippen LogP contribution in [0.3, 0.4) is 0 Å². The van der Waals surface area contributed by atoms with Crippen LogP contribution in [0.1, 0.15) is 40.2 Å². The summed E-state index contributed by atoms with van der Waals surface area (Å²) in [5.74, 6) is 1.59. The number of aryl methyl sites for hydroxylation is 3. The van der Waals surface area contributed by atoms with Crippen molar-refractivity contribution in [2.75, 3.05) is 4.90 Å². The Morgan fingerprint density at radius 3 is 2.52 bits per heavy atom. The van der Waals surface area contributed by atoms with Crippen LogP contribution < -0.4 is 10.2 Å². The van der Waals surface area contributed by atoms with Gasteiger partial charge in [-0.2, -0.15) is 0 Å². The van der Waals surface area contributed by atoms with Crippen molar-refractivity contribution >= 4 is 34.6 Å². The largest absolute Gasteiger partial charge is 0.459 e. The first-order chi connectivity index (χ1) is 15.9. The number of hydrogen-bond donors (Lipinski definition) is 1. The highest BCUT2D eigenvalue weighted by molar-refractivity contribution is 7.80. The minimum atomic E-state index is -0.192. The van der Waals surface area contributed by atoms with Crippen molar-refractivity contribution in [3.8, 4) is 11.3 Å². The summed E-state index contributed by atoms with van der Waals surface area (Å²) in [6.07, 6.45) is 1.80. The molecule has 166 valence electrons. The molecule has 0 saturated carbocycles. The summed E-state index contributed by atoms with van der Waals surface area (Å²) in [6, 6.07) is 21.8. The molecule has 0 unspecified atom stereocenters. The Balaban J connectivity index is 1.62. The van der Waals surface area contributed by atoms with E-state index < -0.39 is 0 Å². The third kappa shape index (κ3) is 4.03. The number of rotatable bonds is 4. The van der Waals surface area contributed by atoms with E-state index in [2.05, 4.69) is 54.2 Å². The van der Waals surface area contributed by atoms with Crippen LogP contribution in [0, 0.1) is 20.8 Å². The predicted octanol–water partition coefficient (Wildman–Crippen LogP) is 7.10. The second-order valence-electron chi connectivity index (χ2n) is 8.43. The summed E-state index contributed by atoms with van der Waals surface area (Å²) in [7, 11) is 0. The lowest BCUT2D eigenvalue weighted by molar-refractivity contribution is 0.439. The molecule has 2 aromatic heterocycles. The SMILES string of the molecule is Cc1ccc(N2C(=S)N[C@@H](c3ccccn3)[C@@H]2c2ccc(-c3cc(Cl)ccc3C)o2)cc1C. The molecule has 0 spiro atoms. The third-order valence-electron chi connectivity index (χ3n) is 6.25. The summed E-state index contributed by atoms with van der Waals surface area (Å²) in [5, 5.41) is 4.81. The second kappa shape index (κ2) is 8.65. The minimum Gasteiger partial charge on any atom is -0.459 e. The fourth-order valence-corrected chi connectivity index (χ4v) is 4.83. The van der Waals surface area contributed by atoms with E-state index in [1.165, 1.54) is 11.1 Å². The monoisotopic (exact) mass is 473 g/mol. The summed E-state index contributed by atoms with van der Waals surface area (Å²) in [6.45, 7) is 6.28. The molecule has 5 rings (SSSR count). The van der Waals surface area contributed by atoms with Crippen molar-refractivity contribution in [3.05, 3.63) is 106 Å². The van der Waals surface area contributed by atoms with E-state index in [4.69, 9.17) is 28.2 Å². The van der Waals surface area contributed by atoms with Crippen LogP contribution in [0.2, 0.25) is 5.02 Å². The molecule has 0 bridgehead atoms. The molecule has 4 nitrogen and oxygen atoms in total. The Morgan fingerprint density at radius 1 is 0.939 bits per heavy atom. The molecule has 1 aliphatic heterocycles. The van der Waals surface area contributed by atoms with Crippen molar-refractivity contribution < 1.29 is 4.42 Å². The smallest absolute Gasteiger partial charge is 0.174 e. The van der Waals surface area contributed by atoms with Crippen LogP contribution in [-0.4, -0.2) is 10.1 Å². The molecule has 33 heavy (non-hydrogen) atoms. The lowest BCUT2D eigenvalue weighted by Gasteiger charge is -2.26. The number of halogens is 1. The highest BCUT2D eigenvalue weighted by atomic mass is 35.5. The van der Waals surface area contributed by atoms with Crippen LogP contribution in [0.25, 0.3) is 11.3 Å². The van der Waals surface area contributed by atoms with E-state index in [9.17, 15) is 0 Å². The number of benzene rings is 2. The topological polar surface area (TPSA) is 41.3 Å². The lowest BCUT2D eigenvalue weighted by atomic mass is 10.0. The normalized spacial score (nSPS) is 17.9. The van der Waals surface area contributed by atoms with Crippen LogP contribution in [-0.2, 0) is 0 Å². The van der Waals surface area contributed by atoms with Gasteiger partial charge in [-0.1, -0.05) is 29.8 Å². The van der Waals surface area contributed by atoms with Gasteiger partial charge in [-0.25, -0.2) is 0 Å². The molecular weight excluding hydrogens is 450 g/mol. The fraction of sp³-hybridized carbons (Fsp3) is 0.185. The van der Waals surface area contributed by atoms with Crippen molar-refractivity contribution in [3.63, 3.8) is 0 Å². The van der Waals surface area contributed by atoms with E-state index >= 15 is 0 Å². The van der Waals surface area contributed by atoms with Gasteiger partial charge in [-0.05, 0) is 98.2 Å². The van der Waals surface area contributed by atoms with Crippen molar-refractivity contribution in [2.45, 2.75) is 32.9 Å². The Morgan fingerprint density at radius 2 is 1.76 bits per heavy atom. The minimum absolute atomic E-state index is 0.153. The first-order valence-corrected chi connectivity index (χ1v) is 11.6. The van der Waals surface area contributed by atoms with Gasteiger partial charge in [0.1, 0.15) is 17.6 Å². The lowest BCUT2D eigenvalue weighted by Crippen LogP contribution is -2.29. The predicted molar refractivity (Wildman–Crippen MR) is 138 cm³/mol. The van der Waals surface area contributed by atoms with Gasteiger partial charge in [0.05, 0.1) is 11.7 Å². The fourth-order valence-electron chi connectivity index (χ4n) is 4.31. The van der Waals surface area contributed by atoms with E-state index in [0.717, 1.165) is 34.0 Å². The van der Waals surface area contributed by atoms with Gasteiger partial charge >= 0.3 is 0 Å². The number of nitrogens with one attached hydrogen (secondary N) is 1. The molecule has 0 radical (unpaired) electrons. The second-order valence-corrected chi connectivity index (χ2v) is 9.25. The molecule has 1 aliphatic rings. The van der Waals surface area contributed by atoms with E-state index in [0.29, 0.717) is 10.1 Å². The van der Waals surface area contributed by atoms with Gasteiger partial charge in [0.25, 0.3) is 0 Å². The number of thiocarbonyl (C=S) groups is 1. The van der Waals surface area contributed by atoms with Gasteiger partial charge in [-0.15, -0.1) is 0 Å². The molecule has 2 aromatic carbocycles. The molecule has 3 heterocycles. The zero-order valence-electron chi connectivity index (χ0n) is 18.7. The summed E-state index contributed by atoms with van der Waals surface area (Å²) in [4.78, 5) is 6.75. The molecule has 1 N–H and O–H groups in total. The highest BCUT2D eigenvalue weighted by Crippen LogP contribution is 2.43. The van der Waals surface area contributed by atoms with E-state index in [-0.39, 0.29) is 12.1 Å². The molecule has 1 fully saturated rings. The van der Waals surface area contributed by atoms with Crippen LogP contribution in [0.5, 0.6) is 0 Å². The summed E-state index contributed by atoms with van der Waals surface area (Å²) < 4.78 is 6.47. The Bertz CT molecular complexity index is 1330. The zero-order chi connectivity index (χ0) is 23.1. The quantitative estimate of drug-likeness (QED) is 0.320. The van der Waals surface area contributed by atoms with Gasteiger partial charge in [0, 0.05) is 22.5 Å². The summed E-state index contributed by atoms with van der Waals surface area (Å²) >= 11 is 12.1. The number of hydrogen-bond acceptors (Lipinski definition) is 3. The maximum Gasteiger partial charge on any atom is 0.174 e. The first-order valence-electron chi connectivity index (χ1n) is 10.9. The highest BCUT2D eigenvalue weighted by Gasteiger charge is 2.42. The molecule has 6 heteroatoms. The van der Waals surface area contributed by atoms with Gasteiger partial charge < -0.3 is 14.6 Å². The Hall–Kier alpha value is -3.15. The Kier molecular flexibility index (Phi) is 5.69. The van der Waals surface area contributed by atoms with Gasteiger partial charge in [0.15, 0.2) is 5.11 Å². The van der Waals surface area contributed by atoms with Crippen molar-refractivity contribution in [1.82, 2.24) is 10.3 Å². The number of anilines is 1. The van der Waals surface area contributed by atoms with Crippen molar-refractivity contribution in [1.29, 1.82) is 0 Å². The maximum atomic E-state index is 6.47. The first kappa shape index (κ1) is 21.7. The van der Waals surface area contributed by atoms with Crippen LogP contribution in [0.4, 0.5) is 5.69 Å². The molecular formula is C27H24ClN3OS. The standard InChI is InChI=1S/C27H24ClN3OS/c1-16-8-10-20(14-18(16)3)31-26(25(30-27(31)33)22-6-4-5-13-29-22)24-12-11-23(32-24)21-15-19(28)9-7-17(21)2/h4-15,25-26H,1-3H3,(H,30,33)/t25-,26-/m0/s1. The number of nitrogens with zero attached hydrogens (tertiary/aromatic N) is 2. The van der Waals surface area contributed by atoms with Crippen LogP contribution >= 0.6 is 23.8 Å². The van der Waals surface area contributed by atoms with E-state index in [1.54, 1.807) is 6.20 Å². The molecule has 1 saturated heterocycles. The third-order valence-corrected chi connectivity index (χ3v) is 6.80. The van der Waals surface area contributed by atoms with Crippen molar-refractivity contribution in [2.24, 2.45) is 0 Å². The number of furan rings is 1. The number of aromatic nitrogens is 1. The number of pyridine rings is 1. The average molecular weight is 474 g/mol. The molecule has 0 aliphatic carbocycles. The maximum absolute atomic E-state index is 6.47. The average Bonchev–Trinajstić information content (AvgIpc) is 3.42. The zero-order valence-corrected chi connectivity index (χ0v) is 20.2. The molecule has 0 amide bonds. The van der Waals surface area contributed by atoms with Gasteiger partial charge in [0.2, 0.25) is 0 Å².